The molecule has 0 bridgehead atoms. The SMILES string of the molecule is CCCC[Si](OC(=O)/C=C/C(=O)OC)(c1ccccc1)c1ccccc1. The molecule has 0 aliphatic carbocycles. The maximum absolute atomic E-state index is 12.5. The Hall–Kier alpha value is -2.66. The van der Waals surface area contributed by atoms with Crippen molar-refractivity contribution < 1.29 is 18.8 Å². The van der Waals surface area contributed by atoms with Gasteiger partial charge >= 0.3 is 20.3 Å². The lowest BCUT2D eigenvalue weighted by atomic mass is 10.4. The lowest BCUT2D eigenvalue weighted by Gasteiger charge is -2.31. The first-order valence-corrected chi connectivity index (χ1v) is 10.8. The third-order valence-corrected chi connectivity index (χ3v) is 8.33. The van der Waals surface area contributed by atoms with E-state index in [-0.39, 0.29) is 0 Å². The van der Waals surface area contributed by atoms with Crippen LogP contribution < -0.4 is 10.4 Å². The quantitative estimate of drug-likeness (QED) is 0.408. The fraction of sp³-hybridized carbons (Fsp3) is 0.238. The Kier molecular flexibility index (Phi) is 7.35. The van der Waals surface area contributed by atoms with E-state index in [9.17, 15) is 9.59 Å². The predicted octanol–water partition coefficient (Wildman–Crippen LogP) is 2.82. The van der Waals surface area contributed by atoms with Gasteiger partial charge in [0.15, 0.2) is 0 Å². The van der Waals surface area contributed by atoms with Crippen LogP contribution in [0.25, 0.3) is 0 Å². The van der Waals surface area contributed by atoms with E-state index in [1.54, 1.807) is 0 Å². The monoisotopic (exact) mass is 368 g/mol. The van der Waals surface area contributed by atoms with E-state index >= 15 is 0 Å². The number of carbonyl (C=O) groups excluding carboxylic acids is 2. The van der Waals surface area contributed by atoms with E-state index < -0.39 is 20.3 Å². The lowest BCUT2D eigenvalue weighted by Crippen LogP contribution is -2.61. The van der Waals surface area contributed by atoms with Gasteiger partial charge in [0, 0.05) is 12.2 Å². The van der Waals surface area contributed by atoms with Gasteiger partial charge < -0.3 is 9.16 Å². The minimum atomic E-state index is -2.77. The van der Waals surface area contributed by atoms with Crippen molar-refractivity contribution in [2.45, 2.75) is 25.8 Å². The minimum absolute atomic E-state index is 0.522. The molecular formula is C21H24O4Si. The van der Waals surface area contributed by atoms with Crippen molar-refractivity contribution in [3.8, 4) is 0 Å². The highest BCUT2D eigenvalue weighted by Gasteiger charge is 2.42. The molecule has 0 aliphatic rings. The van der Waals surface area contributed by atoms with Crippen LogP contribution >= 0.6 is 0 Å². The second kappa shape index (κ2) is 9.72. The van der Waals surface area contributed by atoms with E-state index in [2.05, 4.69) is 11.7 Å². The summed E-state index contributed by atoms with van der Waals surface area (Å²) in [6, 6.07) is 20.6. The van der Waals surface area contributed by atoms with Gasteiger partial charge in [0.2, 0.25) is 0 Å². The molecule has 0 aromatic heterocycles. The average Bonchev–Trinajstić information content (AvgIpc) is 2.70. The van der Waals surface area contributed by atoms with Crippen molar-refractivity contribution in [2.24, 2.45) is 0 Å². The maximum Gasteiger partial charge on any atom is 0.330 e. The number of hydrogen-bond acceptors (Lipinski definition) is 4. The molecule has 0 saturated heterocycles. The number of rotatable bonds is 8. The number of ether oxygens (including phenoxy) is 1. The van der Waals surface area contributed by atoms with E-state index in [0.717, 1.165) is 41.4 Å². The zero-order chi connectivity index (χ0) is 18.8. The summed E-state index contributed by atoms with van der Waals surface area (Å²) in [6.07, 6.45) is 4.19. The maximum atomic E-state index is 12.5. The Morgan fingerprint density at radius 3 is 1.85 bits per heavy atom. The van der Waals surface area contributed by atoms with Crippen molar-refractivity contribution in [1.29, 1.82) is 0 Å². The van der Waals surface area contributed by atoms with Gasteiger partial charge in [-0.2, -0.15) is 0 Å². The van der Waals surface area contributed by atoms with Crippen LogP contribution in [0, 0.1) is 0 Å². The van der Waals surface area contributed by atoms with Crippen LogP contribution in [0.3, 0.4) is 0 Å². The van der Waals surface area contributed by atoms with Crippen LogP contribution in [0.5, 0.6) is 0 Å². The third-order valence-electron chi connectivity index (χ3n) is 4.19. The summed E-state index contributed by atoms with van der Waals surface area (Å²) in [7, 11) is -1.50. The van der Waals surface area contributed by atoms with Gasteiger partial charge in [-0.25, -0.2) is 9.59 Å². The molecule has 26 heavy (non-hydrogen) atoms. The molecule has 0 aliphatic heterocycles. The first-order chi connectivity index (χ1) is 12.6. The number of esters is 1. The van der Waals surface area contributed by atoms with Crippen LogP contribution in [-0.2, 0) is 18.8 Å². The molecule has 2 aromatic rings. The molecule has 0 saturated carbocycles. The van der Waals surface area contributed by atoms with Gasteiger partial charge in [-0.3, -0.25) is 0 Å². The molecule has 5 heteroatoms. The fourth-order valence-corrected chi connectivity index (χ4v) is 6.85. The molecule has 2 rings (SSSR count). The second-order valence-corrected chi connectivity index (χ2v) is 9.45. The first kappa shape index (κ1) is 19.7. The molecule has 0 radical (unpaired) electrons. The zero-order valence-electron chi connectivity index (χ0n) is 15.2. The van der Waals surface area contributed by atoms with Crippen LogP contribution in [0.1, 0.15) is 19.8 Å². The van der Waals surface area contributed by atoms with Crippen molar-refractivity contribution >= 4 is 30.6 Å². The summed E-state index contributed by atoms with van der Waals surface area (Å²) in [5.41, 5.74) is 0. The standard InChI is InChI=1S/C21H24O4Si/c1-3-4-17-26(18-11-7-5-8-12-18,19-13-9-6-10-14-19)25-21(23)16-15-20(22)24-2/h5-16H,3-4,17H2,1-2H3/b16-15+. The second-order valence-electron chi connectivity index (χ2n) is 5.94. The topological polar surface area (TPSA) is 52.6 Å². The molecule has 0 N–H and O–H groups in total. The van der Waals surface area contributed by atoms with Crippen LogP contribution in [0.4, 0.5) is 0 Å². The van der Waals surface area contributed by atoms with Gasteiger partial charge in [0.25, 0.3) is 0 Å². The largest absolute Gasteiger partial charge is 0.507 e. The van der Waals surface area contributed by atoms with Gasteiger partial charge in [-0.1, -0.05) is 80.4 Å². The molecule has 0 heterocycles. The Morgan fingerprint density at radius 1 is 0.885 bits per heavy atom. The van der Waals surface area contributed by atoms with Crippen molar-refractivity contribution in [2.75, 3.05) is 7.11 Å². The number of unbranched alkanes of at least 4 members (excludes halogenated alkanes) is 1. The van der Waals surface area contributed by atoms with Gasteiger partial charge in [0.1, 0.15) is 0 Å². The average molecular weight is 369 g/mol. The lowest BCUT2D eigenvalue weighted by molar-refractivity contribution is -0.135. The number of methoxy groups -OCH3 is 1. The molecule has 0 fully saturated rings. The van der Waals surface area contributed by atoms with Crippen molar-refractivity contribution in [3.05, 3.63) is 72.8 Å². The van der Waals surface area contributed by atoms with E-state index in [1.807, 2.05) is 60.7 Å². The predicted molar refractivity (Wildman–Crippen MR) is 105 cm³/mol. The summed E-state index contributed by atoms with van der Waals surface area (Å²) >= 11 is 0. The highest BCUT2D eigenvalue weighted by atomic mass is 28.4. The Morgan fingerprint density at radius 2 is 1.38 bits per heavy atom. The normalized spacial score (nSPS) is 11.3. The van der Waals surface area contributed by atoms with Gasteiger partial charge in [-0.05, 0) is 16.4 Å². The smallest absolute Gasteiger partial charge is 0.330 e. The summed E-state index contributed by atoms with van der Waals surface area (Å²) in [5.74, 6) is -1.10. The Bertz CT molecular complexity index is 702. The minimum Gasteiger partial charge on any atom is -0.507 e. The molecule has 0 amide bonds. The fourth-order valence-electron chi connectivity index (χ4n) is 2.87. The van der Waals surface area contributed by atoms with Gasteiger partial charge in [-0.15, -0.1) is 0 Å². The highest BCUT2D eigenvalue weighted by Crippen LogP contribution is 2.17. The molecule has 4 nitrogen and oxygen atoms in total. The summed E-state index contributed by atoms with van der Waals surface area (Å²) < 4.78 is 10.7. The summed E-state index contributed by atoms with van der Waals surface area (Å²) in [5, 5.41) is 2.08. The van der Waals surface area contributed by atoms with Crippen molar-refractivity contribution in [3.63, 3.8) is 0 Å². The van der Waals surface area contributed by atoms with Crippen molar-refractivity contribution in [1.82, 2.24) is 0 Å². The Labute approximate surface area is 155 Å². The number of hydrogen-bond donors (Lipinski definition) is 0. The molecule has 2 aromatic carbocycles. The first-order valence-electron chi connectivity index (χ1n) is 8.72. The highest BCUT2D eigenvalue weighted by molar-refractivity contribution is 6.98. The number of benzene rings is 2. The van der Waals surface area contributed by atoms with Gasteiger partial charge in [0.05, 0.1) is 7.11 Å². The molecular weight excluding hydrogens is 344 g/mol. The summed E-state index contributed by atoms with van der Waals surface area (Å²) in [6.45, 7) is 2.12. The van der Waals surface area contributed by atoms with E-state index in [4.69, 9.17) is 4.43 Å². The van der Waals surface area contributed by atoms with E-state index in [1.165, 1.54) is 7.11 Å². The number of carbonyl (C=O) groups is 2. The van der Waals surface area contributed by atoms with Crippen LogP contribution in [-0.4, -0.2) is 27.4 Å². The van der Waals surface area contributed by atoms with Crippen LogP contribution in [0.2, 0.25) is 6.04 Å². The molecule has 0 atom stereocenters. The van der Waals surface area contributed by atoms with Crippen LogP contribution in [0.15, 0.2) is 72.8 Å². The summed E-state index contributed by atoms with van der Waals surface area (Å²) in [4.78, 5) is 23.8. The van der Waals surface area contributed by atoms with E-state index in [0.29, 0.717) is 0 Å². The molecule has 0 spiro atoms. The third kappa shape index (κ3) is 4.92. The molecule has 136 valence electrons. The molecule has 0 unspecified atom stereocenters. The Balaban J connectivity index is 2.47. The zero-order valence-corrected chi connectivity index (χ0v) is 16.2.